The van der Waals surface area contributed by atoms with E-state index in [2.05, 4.69) is 34.9 Å². The summed E-state index contributed by atoms with van der Waals surface area (Å²) in [5.41, 5.74) is 2.63. The first-order valence-corrected chi connectivity index (χ1v) is 6.83. The van der Waals surface area contributed by atoms with Gasteiger partial charge in [-0.25, -0.2) is 0 Å². The zero-order chi connectivity index (χ0) is 13.0. The fraction of sp³-hybridized carbons (Fsp3) is 0.533. The number of para-hydroxylation sites is 1. The van der Waals surface area contributed by atoms with E-state index in [0.717, 1.165) is 25.9 Å². The fourth-order valence-corrected chi connectivity index (χ4v) is 2.34. The molecule has 98 valence electrons. The molecule has 2 N–H and O–H groups in total. The first kappa shape index (κ1) is 12.9. The van der Waals surface area contributed by atoms with Crippen LogP contribution in [0.15, 0.2) is 24.3 Å². The molecule has 1 aliphatic heterocycles. The number of fused-ring (bicyclic) bond motifs is 1. The highest BCUT2D eigenvalue weighted by atomic mass is 16.1. The summed E-state index contributed by atoms with van der Waals surface area (Å²) in [6.07, 6.45) is 1.91. The van der Waals surface area contributed by atoms with Crippen LogP contribution in [0.4, 0.5) is 5.69 Å². The zero-order valence-corrected chi connectivity index (χ0v) is 11.2. The second-order valence-corrected chi connectivity index (χ2v) is 5.05. The first-order valence-electron chi connectivity index (χ1n) is 6.83. The van der Waals surface area contributed by atoms with Crippen LogP contribution in [0.1, 0.15) is 38.2 Å². The molecule has 18 heavy (non-hydrogen) atoms. The van der Waals surface area contributed by atoms with Crippen LogP contribution in [-0.4, -0.2) is 19.0 Å². The molecule has 1 aromatic carbocycles. The van der Waals surface area contributed by atoms with Crippen molar-refractivity contribution in [1.29, 1.82) is 0 Å². The van der Waals surface area contributed by atoms with Crippen LogP contribution < -0.4 is 10.6 Å². The number of hydrogen-bond acceptors (Lipinski definition) is 2. The van der Waals surface area contributed by atoms with Gasteiger partial charge in [0.15, 0.2) is 0 Å². The van der Waals surface area contributed by atoms with E-state index in [1.54, 1.807) is 0 Å². The molecule has 1 amide bonds. The third kappa shape index (κ3) is 2.84. The number of rotatable bonds is 5. The normalized spacial score (nSPS) is 18.9. The third-order valence-corrected chi connectivity index (χ3v) is 3.79. The highest BCUT2D eigenvalue weighted by molar-refractivity contribution is 5.78. The number of hydrogen-bond donors (Lipinski definition) is 2. The number of anilines is 1. The molecule has 0 bridgehead atoms. The third-order valence-electron chi connectivity index (χ3n) is 3.79. The van der Waals surface area contributed by atoms with Crippen molar-refractivity contribution in [2.45, 2.75) is 32.6 Å². The second-order valence-electron chi connectivity index (χ2n) is 5.05. The van der Waals surface area contributed by atoms with Gasteiger partial charge in [-0.2, -0.15) is 0 Å². The van der Waals surface area contributed by atoms with Gasteiger partial charge in [0.2, 0.25) is 5.91 Å². The highest BCUT2D eigenvalue weighted by Crippen LogP contribution is 2.32. The summed E-state index contributed by atoms with van der Waals surface area (Å²) in [5, 5.41) is 6.43. The Morgan fingerprint density at radius 3 is 3.06 bits per heavy atom. The fourth-order valence-electron chi connectivity index (χ4n) is 2.34. The lowest BCUT2D eigenvalue weighted by atomic mass is 9.98. The maximum Gasteiger partial charge on any atom is 0.222 e. The summed E-state index contributed by atoms with van der Waals surface area (Å²) in [6.45, 7) is 5.77. The van der Waals surface area contributed by atoms with E-state index in [1.165, 1.54) is 11.3 Å². The Morgan fingerprint density at radius 2 is 2.28 bits per heavy atom. The van der Waals surface area contributed by atoms with Crippen molar-refractivity contribution in [2.24, 2.45) is 5.92 Å². The van der Waals surface area contributed by atoms with Crippen LogP contribution in [0, 0.1) is 5.92 Å². The molecule has 1 aromatic rings. The monoisotopic (exact) mass is 246 g/mol. The average molecular weight is 246 g/mol. The average Bonchev–Trinajstić information content (AvgIpc) is 2.81. The second kappa shape index (κ2) is 5.89. The van der Waals surface area contributed by atoms with Crippen molar-refractivity contribution in [3.8, 4) is 0 Å². The van der Waals surface area contributed by atoms with Gasteiger partial charge in [0.05, 0.1) is 0 Å². The molecule has 2 rings (SSSR count). The zero-order valence-electron chi connectivity index (χ0n) is 11.2. The molecular weight excluding hydrogens is 224 g/mol. The number of carbonyl (C=O) groups is 1. The van der Waals surface area contributed by atoms with Crippen molar-refractivity contribution in [3.05, 3.63) is 29.8 Å². The van der Waals surface area contributed by atoms with E-state index >= 15 is 0 Å². The summed E-state index contributed by atoms with van der Waals surface area (Å²) in [6, 6.07) is 8.43. The molecule has 2 unspecified atom stereocenters. The summed E-state index contributed by atoms with van der Waals surface area (Å²) >= 11 is 0. The molecule has 0 aliphatic carbocycles. The molecule has 1 aliphatic rings. The quantitative estimate of drug-likeness (QED) is 0.838. The van der Waals surface area contributed by atoms with E-state index in [0.29, 0.717) is 5.92 Å². The molecule has 0 radical (unpaired) electrons. The molecule has 0 fully saturated rings. The summed E-state index contributed by atoms with van der Waals surface area (Å²) in [5.74, 6) is 0.828. The highest BCUT2D eigenvalue weighted by Gasteiger charge is 2.21. The molecule has 0 spiro atoms. The molecule has 3 nitrogen and oxygen atoms in total. The van der Waals surface area contributed by atoms with Gasteiger partial charge in [-0.15, -0.1) is 0 Å². The van der Waals surface area contributed by atoms with Crippen LogP contribution in [0.5, 0.6) is 0 Å². The van der Waals surface area contributed by atoms with Gasteiger partial charge in [0.25, 0.3) is 0 Å². The Morgan fingerprint density at radius 1 is 1.50 bits per heavy atom. The minimum atomic E-state index is 0.124. The molecular formula is C15H22N2O. The lowest BCUT2D eigenvalue weighted by molar-refractivity contribution is -0.124. The van der Waals surface area contributed by atoms with Gasteiger partial charge < -0.3 is 10.6 Å². The van der Waals surface area contributed by atoms with Crippen LogP contribution >= 0.6 is 0 Å². The van der Waals surface area contributed by atoms with Gasteiger partial charge in [-0.3, -0.25) is 4.79 Å². The van der Waals surface area contributed by atoms with Crippen LogP contribution in [0.25, 0.3) is 0 Å². The van der Waals surface area contributed by atoms with E-state index in [4.69, 9.17) is 0 Å². The van der Waals surface area contributed by atoms with Gasteiger partial charge >= 0.3 is 0 Å². The Hall–Kier alpha value is -1.51. The van der Waals surface area contributed by atoms with Crippen LogP contribution in [0.3, 0.4) is 0 Å². The smallest absolute Gasteiger partial charge is 0.222 e. The lowest BCUT2D eigenvalue weighted by Gasteiger charge is -2.13. The number of nitrogens with one attached hydrogen (secondary N) is 2. The maximum absolute atomic E-state index is 11.7. The van der Waals surface area contributed by atoms with Crippen molar-refractivity contribution in [3.63, 3.8) is 0 Å². The Labute approximate surface area is 109 Å². The van der Waals surface area contributed by atoms with Crippen molar-refractivity contribution >= 4 is 11.6 Å². The molecule has 0 aromatic heterocycles. The summed E-state index contributed by atoms with van der Waals surface area (Å²) in [7, 11) is 0. The number of benzene rings is 1. The topological polar surface area (TPSA) is 41.1 Å². The van der Waals surface area contributed by atoms with Gasteiger partial charge in [-0.1, -0.05) is 32.0 Å². The largest absolute Gasteiger partial charge is 0.384 e. The predicted octanol–water partition coefficient (Wildman–Crippen LogP) is 2.75. The first-order chi connectivity index (χ1) is 8.72. The van der Waals surface area contributed by atoms with Crippen molar-refractivity contribution in [2.75, 3.05) is 18.4 Å². The van der Waals surface area contributed by atoms with Gasteiger partial charge in [0.1, 0.15) is 0 Å². The standard InChI is InChI=1S/C15H22N2O/c1-3-11(2)15(18)16-9-8-12-10-17-14-7-5-4-6-13(12)14/h4-7,11-12,17H,3,8-10H2,1-2H3,(H,16,18). The van der Waals surface area contributed by atoms with Crippen LogP contribution in [0.2, 0.25) is 0 Å². The van der Waals surface area contributed by atoms with Gasteiger partial charge in [-0.05, 0) is 24.5 Å². The maximum atomic E-state index is 11.7. The van der Waals surface area contributed by atoms with E-state index in [9.17, 15) is 4.79 Å². The SMILES string of the molecule is CCC(C)C(=O)NCCC1CNc2ccccc21. The summed E-state index contributed by atoms with van der Waals surface area (Å²) in [4.78, 5) is 11.7. The lowest BCUT2D eigenvalue weighted by Crippen LogP contribution is -2.30. The minimum absolute atomic E-state index is 0.124. The van der Waals surface area contributed by atoms with Crippen molar-refractivity contribution in [1.82, 2.24) is 5.32 Å². The van der Waals surface area contributed by atoms with E-state index in [1.807, 2.05) is 13.8 Å². The van der Waals surface area contributed by atoms with Crippen LogP contribution in [-0.2, 0) is 4.79 Å². The molecule has 2 atom stereocenters. The molecule has 3 heteroatoms. The Kier molecular flexibility index (Phi) is 4.24. The molecule has 1 heterocycles. The van der Waals surface area contributed by atoms with E-state index < -0.39 is 0 Å². The molecule has 0 saturated heterocycles. The Balaban J connectivity index is 1.81. The molecule has 0 saturated carbocycles. The number of carbonyl (C=O) groups excluding carboxylic acids is 1. The van der Waals surface area contributed by atoms with Gasteiger partial charge in [0, 0.05) is 30.6 Å². The minimum Gasteiger partial charge on any atom is -0.384 e. The van der Waals surface area contributed by atoms with E-state index in [-0.39, 0.29) is 11.8 Å². The van der Waals surface area contributed by atoms with Crippen molar-refractivity contribution < 1.29 is 4.79 Å². The predicted molar refractivity (Wildman–Crippen MR) is 74.8 cm³/mol. The summed E-state index contributed by atoms with van der Waals surface area (Å²) < 4.78 is 0. The number of amides is 1. The Bertz CT molecular complexity index is 417.